The van der Waals surface area contributed by atoms with Crippen LogP contribution in [0.5, 0.6) is 34.5 Å². The summed E-state index contributed by atoms with van der Waals surface area (Å²) < 4.78 is 19.9. The van der Waals surface area contributed by atoms with Crippen LogP contribution in [-0.4, -0.2) is 0 Å². The predicted octanol–water partition coefficient (Wildman–Crippen LogP) is 11.8. The number of fused-ring (bicyclic) bond motifs is 7. The number of hydrogen-bond donors (Lipinski definition) is 0. The molecule has 6 aromatic carbocycles. The van der Waals surface area contributed by atoms with Gasteiger partial charge in [-0.15, -0.1) is 0 Å². The average molecular weight is 600 g/mol. The summed E-state index contributed by atoms with van der Waals surface area (Å²) in [5, 5.41) is 0. The lowest BCUT2D eigenvalue weighted by molar-refractivity contribution is 0.360. The largest absolute Gasteiger partial charge is 0.455 e. The maximum atomic E-state index is 6.84. The fraction of sp³-hybridized carbons (Fsp3) is 0.143. The van der Waals surface area contributed by atoms with Gasteiger partial charge in [-0.3, -0.25) is 0 Å². The van der Waals surface area contributed by atoms with E-state index in [4.69, 9.17) is 14.2 Å². The van der Waals surface area contributed by atoms with E-state index >= 15 is 0 Å². The van der Waals surface area contributed by atoms with Crippen LogP contribution in [0.3, 0.4) is 0 Å². The van der Waals surface area contributed by atoms with Gasteiger partial charge in [-0.25, -0.2) is 0 Å². The molecule has 224 valence electrons. The van der Waals surface area contributed by atoms with E-state index in [9.17, 15) is 0 Å². The van der Waals surface area contributed by atoms with Crippen LogP contribution in [0.2, 0.25) is 0 Å². The Labute approximate surface area is 269 Å². The van der Waals surface area contributed by atoms with E-state index in [0.717, 1.165) is 34.1 Å². The van der Waals surface area contributed by atoms with Gasteiger partial charge in [0.1, 0.15) is 5.75 Å². The lowest BCUT2D eigenvalue weighted by Crippen LogP contribution is -2.25. The Balaban J connectivity index is 1.29. The number of hydrogen-bond acceptors (Lipinski definition) is 4. The highest BCUT2D eigenvalue weighted by molar-refractivity contribution is 5.90. The van der Waals surface area contributed by atoms with Gasteiger partial charge < -0.3 is 19.1 Å². The summed E-state index contributed by atoms with van der Waals surface area (Å²) in [6.45, 7) is 9.18. The van der Waals surface area contributed by atoms with Gasteiger partial charge in [-0.2, -0.15) is 0 Å². The first-order valence-electron chi connectivity index (χ1n) is 15.9. The highest BCUT2D eigenvalue weighted by atomic mass is 16.6. The topological polar surface area (TPSA) is 30.9 Å². The number of para-hydroxylation sites is 5. The Morgan fingerprint density at radius 1 is 0.413 bits per heavy atom. The third-order valence-corrected chi connectivity index (χ3v) is 9.99. The second-order valence-corrected chi connectivity index (χ2v) is 13.4. The van der Waals surface area contributed by atoms with Crippen LogP contribution in [0.1, 0.15) is 49.9 Å². The SMILES string of the molecule is CC1(C)c2ccccc2-c2ccc(N(c3cccc4c3Oc3ccccc3O4)c3cccc4c3Oc3ccccc3C4(C)C)cc21. The van der Waals surface area contributed by atoms with Gasteiger partial charge >= 0.3 is 0 Å². The number of nitrogens with zero attached hydrogens (tertiary/aromatic N) is 1. The molecule has 4 heteroatoms. The molecule has 3 aliphatic rings. The Morgan fingerprint density at radius 3 is 1.76 bits per heavy atom. The van der Waals surface area contributed by atoms with E-state index in [0.29, 0.717) is 23.0 Å². The molecule has 0 radical (unpaired) electrons. The van der Waals surface area contributed by atoms with Crippen molar-refractivity contribution in [2.75, 3.05) is 4.90 Å². The third-order valence-electron chi connectivity index (χ3n) is 9.99. The van der Waals surface area contributed by atoms with Gasteiger partial charge in [-0.1, -0.05) is 107 Å². The summed E-state index contributed by atoms with van der Waals surface area (Å²) in [6.07, 6.45) is 0. The normalized spacial score (nSPS) is 15.4. The molecule has 2 heterocycles. The van der Waals surface area contributed by atoms with Gasteiger partial charge in [-0.05, 0) is 70.8 Å². The summed E-state index contributed by atoms with van der Waals surface area (Å²) in [7, 11) is 0. The van der Waals surface area contributed by atoms with Gasteiger partial charge in [0.2, 0.25) is 0 Å². The summed E-state index contributed by atoms with van der Waals surface area (Å²) in [6, 6.07) is 44.3. The van der Waals surface area contributed by atoms with Crippen molar-refractivity contribution in [1.82, 2.24) is 0 Å². The van der Waals surface area contributed by atoms with Crippen LogP contribution in [0.25, 0.3) is 11.1 Å². The first kappa shape index (κ1) is 26.9. The van der Waals surface area contributed by atoms with Gasteiger partial charge in [0, 0.05) is 27.6 Å². The summed E-state index contributed by atoms with van der Waals surface area (Å²) in [5.74, 6) is 4.44. The molecule has 1 aliphatic carbocycles. The summed E-state index contributed by atoms with van der Waals surface area (Å²) in [4.78, 5) is 2.28. The Bertz CT molecular complexity index is 2210. The van der Waals surface area contributed by atoms with E-state index in [1.165, 1.54) is 27.8 Å². The van der Waals surface area contributed by atoms with Crippen molar-refractivity contribution in [3.63, 3.8) is 0 Å². The minimum absolute atomic E-state index is 0.157. The molecule has 46 heavy (non-hydrogen) atoms. The van der Waals surface area contributed by atoms with E-state index in [-0.39, 0.29) is 10.8 Å². The van der Waals surface area contributed by atoms with Crippen molar-refractivity contribution in [2.24, 2.45) is 0 Å². The van der Waals surface area contributed by atoms with Gasteiger partial charge in [0.25, 0.3) is 0 Å². The molecular weight excluding hydrogens is 566 g/mol. The predicted molar refractivity (Wildman–Crippen MR) is 184 cm³/mol. The molecule has 0 bridgehead atoms. The second kappa shape index (κ2) is 9.51. The monoisotopic (exact) mass is 599 g/mol. The quantitative estimate of drug-likeness (QED) is 0.202. The highest BCUT2D eigenvalue weighted by Gasteiger charge is 2.39. The van der Waals surface area contributed by atoms with Crippen LogP contribution in [-0.2, 0) is 10.8 Å². The van der Waals surface area contributed by atoms with E-state index in [1.54, 1.807) is 0 Å². The molecule has 0 amide bonds. The maximum Gasteiger partial charge on any atom is 0.194 e. The molecule has 2 aliphatic heterocycles. The highest BCUT2D eigenvalue weighted by Crippen LogP contribution is 2.58. The lowest BCUT2D eigenvalue weighted by atomic mass is 9.75. The zero-order chi connectivity index (χ0) is 31.2. The molecule has 0 unspecified atom stereocenters. The van der Waals surface area contributed by atoms with Crippen molar-refractivity contribution in [2.45, 2.75) is 38.5 Å². The maximum absolute atomic E-state index is 6.84. The molecule has 0 saturated carbocycles. The number of anilines is 3. The fourth-order valence-electron chi connectivity index (χ4n) is 7.58. The standard InChI is InChI=1S/C42H33NO3/c1-41(2)29-14-6-5-13-27(29)28-24-23-26(25-32(28)41)43(34-18-12-22-38-40(34)46-37-21-10-9-20-36(37)44-38)33-17-11-16-31-39(33)45-35-19-8-7-15-30(35)42(31,3)4/h5-25H,1-4H3. The molecule has 9 rings (SSSR count). The van der Waals surface area contributed by atoms with Crippen LogP contribution >= 0.6 is 0 Å². The van der Waals surface area contributed by atoms with E-state index in [1.807, 2.05) is 42.5 Å². The first-order valence-corrected chi connectivity index (χ1v) is 15.9. The Kier molecular flexibility index (Phi) is 5.56. The summed E-state index contributed by atoms with van der Waals surface area (Å²) >= 11 is 0. The smallest absolute Gasteiger partial charge is 0.194 e. The van der Waals surface area contributed by atoms with E-state index < -0.39 is 0 Å². The molecular formula is C42H33NO3. The molecule has 0 saturated heterocycles. The van der Waals surface area contributed by atoms with Crippen molar-refractivity contribution in [1.29, 1.82) is 0 Å². The minimum atomic E-state index is -0.262. The second-order valence-electron chi connectivity index (χ2n) is 13.4. The zero-order valence-electron chi connectivity index (χ0n) is 26.3. The molecule has 6 aromatic rings. The van der Waals surface area contributed by atoms with Crippen LogP contribution in [0.4, 0.5) is 17.1 Å². The van der Waals surface area contributed by atoms with Gasteiger partial charge in [0.15, 0.2) is 28.7 Å². The van der Waals surface area contributed by atoms with Crippen molar-refractivity contribution in [3.05, 3.63) is 150 Å². The molecule has 0 N–H and O–H groups in total. The Hall–Kier alpha value is -5.48. The fourth-order valence-corrected chi connectivity index (χ4v) is 7.58. The number of benzene rings is 6. The third kappa shape index (κ3) is 3.73. The van der Waals surface area contributed by atoms with Crippen LogP contribution in [0, 0.1) is 0 Å². The Morgan fingerprint density at radius 2 is 0.957 bits per heavy atom. The first-order chi connectivity index (χ1) is 22.3. The molecule has 0 atom stereocenters. The van der Waals surface area contributed by atoms with Crippen molar-refractivity contribution >= 4 is 17.1 Å². The van der Waals surface area contributed by atoms with Crippen LogP contribution < -0.4 is 19.1 Å². The summed E-state index contributed by atoms with van der Waals surface area (Å²) in [5.41, 5.74) is 9.92. The van der Waals surface area contributed by atoms with Crippen LogP contribution in [0.15, 0.2) is 127 Å². The number of ether oxygens (including phenoxy) is 3. The van der Waals surface area contributed by atoms with Crippen molar-refractivity contribution < 1.29 is 14.2 Å². The van der Waals surface area contributed by atoms with E-state index in [2.05, 4.69) is 118 Å². The number of rotatable bonds is 3. The molecule has 0 spiro atoms. The minimum Gasteiger partial charge on any atom is -0.455 e. The van der Waals surface area contributed by atoms with Gasteiger partial charge in [0.05, 0.1) is 11.4 Å². The molecule has 4 nitrogen and oxygen atoms in total. The molecule has 0 fully saturated rings. The van der Waals surface area contributed by atoms with Crippen molar-refractivity contribution in [3.8, 4) is 45.6 Å². The lowest BCUT2D eigenvalue weighted by Gasteiger charge is -2.38. The average Bonchev–Trinajstić information content (AvgIpc) is 3.30. The molecule has 0 aromatic heterocycles. The zero-order valence-corrected chi connectivity index (χ0v) is 26.3.